The average molecular weight is 212 g/mol. The minimum Gasteiger partial charge on any atom is -0.393 e. The average Bonchev–Trinajstić information content (AvgIpc) is 2.17. The van der Waals surface area contributed by atoms with Crippen molar-refractivity contribution in [2.45, 2.75) is 72.3 Å². The molecular formula is C14H28O. The summed E-state index contributed by atoms with van der Waals surface area (Å²) in [4.78, 5) is 0. The van der Waals surface area contributed by atoms with E-state index in [0.29, 0.717) is 11.3 Å². The Bertz CT molecular complexity index is 172. The van der Waals surface area contributed by atoms with Crippen molar-refractivity contribution in [1.29, 1.82) is 0 Å². The van der Waals surface area contributed by atoms with Gasteiger partial charge in [-0.3, -0.25) is 0 Å². The normalized spacial score (nSPS) is 30.2. The molecule has 1 atom stereocenters. The Morgan fingerprint density at radius 3 is 2.07 bits per heavy atom. The Labute approximate surface area is 95.3 Å². The lowest BCUT2D eigenvalue weighted by atomic mass is 9.68. The zero-order chi connectivity index (χ0) is 11.5. The maximum atomic E-state index is 9.96. The number of aliphatic hydroxyl groups is 1. The molecule has 90 valence electrons. The fraction of sp³-hybridized carbons (Fsp3) is 1.00. The SMILES string of the molecule is CCCC(O)C1CCC(C(C)(C)C)CC1. The molecule has 1 heteroatoms. The summed E-state index contributed by atoms with van der Waals surface area (Å²) in [6, 6.07) is 0. The van der Waals surface area contributed by atoms with Gasteiger partial charge < -0.3 is 5.11 Å². The van der Waals surface area contributed by atoms with Crippen LogP contribution in [0.4, 0.5) is 0 Å². The molecule has 0 heterocycles. The fourth-order valence-corrected chi connectivity index (χ4v) is 2.90. The van der Waals surface area contributed by atoms with E-state index in [0.717, 1.165) is 18.8 Å². The van der Waals surface area contributed by atoms with Gasteiger partial charge in [0.05, 0.1) is 6.10 Å². The molecular weight excluding hydrogens is 184 g/mol. The third kappa shape index (κ3) is 3.79. The first-order valence-electron chi connectivity index (χ1n) is 6.63. The molecule has 1 N–H and O–H groups in total. The van der Waals surface area contributed by atoms with Crippen molar-refractivity contribution in [3.05, 3.63) is 0 Å². The van der Waals surface area contributed by atoms with Crippen molar-refractivity contribution < 1.29 is 5.11 Å². The highest BCUT2D eigenvalue weighted by molar-refractivity contribution is 4.82. The van der Waals surface area contributed by atoms with Gasteiger partial charge >= 0.3 is 0 Å². The van der Waals surface area contributed by atoms with Gasteiger partial charge in [0.2, 0.25) is 0 Å². The van der Waals surface area contributed by atoms with Crippen molar-refractivity contribution in [2.75, 3.05) is 0 Å². The maximum Gasteiger partial charge on any atom is 0.0568 e. The molecule has 1 saturated carbocycles. The fourth-order valence-electron chi connectivity index (χ4n) is 2.90. The molecule has 0 aliphatic heterocycles. The molecule has 1 aliphatic carbocycles. The molecule has 1 fully saturated rings. The minimum atomic E-state index is -0.0316. The minimum absolute atomic E-state index is 0.0316. The van der Waals surface area contributed by atoms with Crippen LogP contribution in [-0.4, -0.2) is 11.2 Å². The Morgan fingerprint density at radius 1 is 1.13 bits per heavy atom. The van der Waals surface area contributed by atoms with Crippen LogP contribution in [0.3, 0.4) is 0 Å². The molecule has 0 spiro atoms. The summed E-state index contributed by atoms with van der Waals surface area (Å²) >= 11 is 0. The van der Waals surface area contributed by atoms with E-state index in [1.807, 2.05) is 0 Å². The van der Waals surface area contributed by atoms with Crippen LogP contribution < -0.4 is 0 Å². The van der Waals surface area contributed by atoms with Gasteiger partial charge in [0, 0.05) is 0 Å². The first-order valence-corrected chi connectivity index (χ1v) is 6.63. The van der Waals surface area contributed by atoms with Crippen molar-refractivity contribution >= 4 is 0 Å². The third-order valence-corrected chi connectivity index (χ3v) is 4.13. The standard InChI is InChI=1S/C14H28O/c1-5-6-13(15)11-7-9-12(10-8-11)14(2,3)4/h11-13,15H,5-10H2,1-4H3. The van der Waals surface area contributed by atoms with Crippen LogP contribution in [-0.2, 0) is 0 Å². The summed E-state index contributed by atoms with van der Waals surface area (Å²) in [6.07, 6.45) is 7.18. The molecule has 0 radical (unpaired) electrons. The van der Waals surface area contributed by atoms with E-state index >= 15 is 0 Å². The third-order valence-electron chi connectivity index (χ3n) is 4.13. The summed E-state index contributed by atoms with van der Waals surface area (Å²) < 4.78 is 0. The summed E-state index contributed by atoms with van der Waals surface area (Å²) in [7, 11) is 0. The van der Waals surface area contributed by atoms with E-state index in [1.54, 1.807) is 0 Å². The molecule has 0 aromatic carbocycles. The number of aliphatic hydroxyl groups excluding tert-OH is 1. The highest BCUT2D eigenvalue weighted by Gasteiger charge is 2.31. The molecule has 0 aromatic heterocycles. The predicted molar refractivity (Wildman–Crippen MR) is 65.8 cm³/mol. The predicted octanol–water partition coefficient (Wildman–Crippen LogP) is 4.00. The van der Waals surface area contributed by atoms with Crippen LogP contribution in [0.1, 0.15) is 66.2 Å². The maximum absolute atomic E-state index is 9.96. The van der Waals surface area contributed by atoms with Gasteiger partial charge in [-0.05, 0) is 49.4 Å². The van der Waals surface area contributed by atoms with Gasteiger partial charge in [0.15, 0.2) is 0 Å². The van der Waals surface area contributed by atoms with Gasteiger partial charge in [-0.1, -0.05) is 34.1 Å². The van der Waals surface area contributed by atoms with Crippen molar-refractivity contribution in [3.63, 3.8) is 0 Å². The first kappa shape index (κ1) is 13.0. The molecule has 1 aliphatic rings. The van der Waals surface area contributed by atoms with Gasteiger partial charge in [-0.2, -0.15) is 0 Å². The molecule has 1 nitrogen and oxygen atoms in total. The van der Waals surface area contributed by atoms with Crippen LogP contribution in [0.2, 0.25) is 0 Å². The van der Waals surface area contributed by atoms with Crippen LogP contribution in [0.25, 0.3) is 0 Å². The summed E-state index contributed by atoms with van der Waals surface area (Å²) in [5.41, 5.74) is 0.459. The Morgan fingerprint density at radius 2 is 1.67 bits per heavy atom. The second-order valence-electron chi connectivity index (χ2n) is 6.33. The number of rotatable bonds is 3. The monoisotopic (exact) mass is 212 g/mol. The summed E-state index contributed by atoms with van der Waals surface area (Å²) in [5.74, 6) is 1.45. The molecule has 1 rings (SSSR count). The van der Waals surface area contributed by atoms with E-state index in [1.165, 1.54) is 25.7 Å². The molecule has 0 bridgehead atoms. The highest BCUT2D eigenvalue weighted by Crippen LogP contribution is 2.41. The quantitative estimate of drug-likeness (QED) is 0.749. The largest absolute Gasteiger partial charge is 0.393 e. The lowest BCUT2D eigenvalue weighted by molar-refractivity contribution is 0.0477. The van der Waals surface area contributed by atoms with E-state index in [2.05, 4.69) is 27.7 Å². The van der Waals surface area contributed by atoms with Crippen LogP contribution >= 0.6 is 0 Å². The Balaban J connectivity index is 2.36. The van der Waals surface area contributed by atoms with Gasteiger partial charge in [0.25, 0.3) is 0 Å². The summed E-state index contributed by atoms with van der Waals surface area (Å²) in [6.45, 7) is 9.20. The summed E-state index contributed by atoms with van der Waals surface area (Å²) in [5, 5.41) is 9.96. The van der Waals surface area contributed by atoms with Gasteiger partial charge in [-0.25, -0.2) is 0 Å². The topological polar surface area (TPSA) is 20.2 Å². The van der Waals surface area contributed by atoms with E-state index in [4.69, 9.17) is 0 Å². The lowest BCUT2D eigenvalue weighted by Crippen LogP contribution is -2.30. The smallest absolute Gasteiger partial charge is 0.0568 e. The second-order valence-corrected chi connectivity index (χ2v) is 6.33. The van der Waals surface area contributed by atoms with Crippen LogP contribution in [0.15, 0.2) is 0 Å². The van der Waals surface area contributed by atoms with E-state index in [9.17, 15) is 5.11 Å². The van der Waals surface area contributed by atoms with Crippen molar-refractivity contribution in [1.82, 2.24) is 0 Å². The van der Waals surface area contributed by atoms with E-state index in [-0.39, 0.29) is 6.10 Å². The highest BCUT2D eigenvalue weighted by atomic mass is 16.3. The molecule has 0 amide bonds. The molecule has 0 aromatic rings. The van der Waals surface area contributed by atoms with Crippen molar-refractivity contribution in [3.8, 4) is 0 Å². The Kier molecular flexibility index (Phi) is 4.64. The number of hydrogen-bond acceptors (Lipinski definition) is 1. The first-order chi connectivity index (χ1) is 6.95. The lowest BCUT2D eigenvalue weighted by Gasteiger charge is -2.38. The zero-order valence-corrected chi connectivity index (χ0v) is 10.9. The number of hydrogen-bond donors (Lipinski definition) is 1. The molecule has 15 heavy (non-hydrogen) atoms. The zero-order valence-electron chi connectivity index (χ0n) is 10.9. The van der Waals surface area contributed by atoms with Crippen LogP contribution in [0, 0.1) is 17.3 Å². The Hall–Kier alpha value is -0.0400. The van der Waals surface area contributed by atoms with Gasteiger partial charge in [0.1, 0.15) is 0 Å². The molecule has 1 unspecified atom stereocenters. The van der Waals surface area contributed by atoms with Crippen LogP contribution in [0.5, 0.6) is 0 Å². The second kappa shape index (κ2) is 5.34. The van der Waals surface area contributed by atoms with Gasteiger partial charge in [-0.15, -0.1) is 0 Å². The van der Waals surface area contributed by atoms with E-state index < -0.39 is 0 Å². The van der Waals surface area contributed by atoms with Crippen molar-refractivity contribution in [2.24, 2.45) is 17.3 Å². The molecule has 0 saturated heterocycles.